The molecular weight excluding hydrogens is 254 g/mol. The van der Waals surface area contributed by atoms with E-state index >= 15 is 0 Å². The summed E-state index contributed by atoms with van der Waals surface area (Å²) in [5.74, 6) is -0.427. The average molecular weight is 275 g/mol. The van der Waals surface area contributed by atoms with E-state index in [1.807, 2.05) is 6.92 Å². The molecule has 5 heteroatoms. The van der Waals surface area contributed by atoms with E-state index < -0.39 is 5.91 Å². The van der Waals surface area contributed by atoms with Gasteiger partial charge < -0.3 is 16.4 Å². The molecule has 1 aliphatic rings. The number of amides is 2. The number of primary amides is 1. The molecule has 0 radical (unpaired) electrons. The lowest BCUT2D eigenvalue weighted by molar-refractivity contribution is -0.126. The molecule has 1 fully saturated rings. The summed E-state index contributed by atoms with van der Waals surface area (Å²) in [5.41, 5.74) is 5.99. The minimum Gasteiger partial charge on any atom is -0.366 e. The molecule has 1 unspecified atom stereocenters. The van der Waals surface area contributed by atoms with Gasteiger partial charge in [-0.3, -0.25) is 9.59 Å². The molecule has 5 nitrogen and oxygen atoms in total. The molecule has 1 heterocycles. The number of nitrogens with one attached hydrogen (secondary N) is 2. The predicted molar refractivity (Wildman–Crippen MR) is 78.4 cm³/mol. The van der Waals surface area contributed by atoms with Crippen molar-refractivity contribution in [1.82, 2.24) is 5.32 Å². The number of hydrogen-bond acceptors (Lipinski definition) is 3. The van der Waals surface area contributed by atoms with E-state index in [9.17, 15) is 9.59 Å². The van der Waals surface area contributed by atoms with Crippen molar-refractivity contribution >= 4 is 17.5 Å². The molecule has 1 aromatic rings. The number of anilines is 1. The monoisotopic (exact) mass is 275 g/mol. The van der Waals surface area contributed by atoms with Gasteiger partial charge in [-0.25, -0.2) is 0 Å². The zero-order valence-corrected chi connectivity index (χ0v) is 11.7. The second-order valence-corrected chi connectivity index (χ2v) is 5.31. The van der Waals surface area contributed by atoms with Crippen LogP contribution in [-0.4, -0.2) is 24.9 Å². The number of nitrogens with two attached hydrogens (primary N) is 1. The van der Waals surface area contributed by atoms with Crippen molar-refractivity contribution in [2.75, 3.05) is 18.4 Å². The van der Waals surface area contributed by atoms with Crippen molar-refractivity contribution in [2.24, 2.45) is 11.1 Å². The Labute approximate surface area is 118 Å². The quantitative estimate of drug-likeness (QED) is 0.778. The maximum absolute atomic E-state index is 12.5. The Balaban J connectivity index is 2.08. The van der Waals surface area contributed by atoms with E-state index in [4.69, 9.17) is 5.73 Å². The third-order valence-electron chi connectivity index (χ3n) is 4.06. The van der Waals surface area contributed by atoms with Gasteiger partial charge in [-0.05, 0) is 50.1 Å². The number of hydrogen-bond donors (Lipinski definition) is 3. The third kappa shape index (κ3) is 2.99. The van der Waals surface area contributed by atoms with Crippen LogP contribution in [0.25, 0.3) is 0 Å². The van der Waals surface area contributed by atoms with Crippen molar-refractivity contribution in [2.45, 2.75) is 26.2 Å². The van der Waals surface area contributed by atoms with Crippen LogP contribution in [0.15, 0.2) is 24.3 Å². The van der Waals surface area contributed by atoms with Crippen molar-refractivity contribution in [3.63, 3.8) is 0 Å². The molecule has 1 atom stereocenters. The molecule has 2 rings (SSSR count). The first-order chi connectivity index (χ1) is 9.57. The topological polar surface area (TPSA) is 84.2 Å². The minimum absolute atomic E-state index is 0.0408. The standard InChI is InChI=1S/C15H21N3O2/c1-2-15(8-3-9-17-10-15)14(20)18-12-6-4-11(5-7-12)13(16)19/h4-7,17H,2-3,8-10H2,1H3,(H2,16,19)(H,18,20). The van der Waals surface area contributed by atoms with Crippen LogP contribution in [0, 0.1) is 5.41 Å². The van der Waals surface area contributed by atoms with Gasteiger partial charge in [-0.15, -0.1) is 0 Å². The number of piperidine rings is 1. The van der Waals surface area contributed by atoms with Gasteiger partial charge in [-0.2, -0.15) is 0 Å². The van der Waals surface area contributed by atoms with Gasteiger partial charge in [0.1, 0.15) is 0 Å². The van der Waals surface area contributed by atoms with Crippen molar-refractivity contribution in [3.8, 4) is 0 Å². The lowest BCUT2D eigenvalue weighted by Crippen LogP contribution is -2.47. The molecule has 1 aromatic carbocycles. The van der Waals surface area contributed by atoms with Gasteiger partial charge in [0.2, 0.25) is 11.8 Å². The van der Waals surface area contributed by atoms with Gasteiger partial charge in [0.25, 0.3) is 0 Å². The Bertz CT molecular complexity index is 490. The number of carbonyl (C=O) groups is 2. The van der Waals surface area contributed by atoms with Crippen molar-refractivity contribution < 1.29 is 9.59 Å². The summed E-state index contributed by atoms with van der Waals surface area (Å²) in [6, 6.07) is 6.65. The Morgan fingerprint density at radius 2 is 2.05 bits per heavy atom. The lowest BCUT2D eigenvalue weighted by atomic mass is 9.77. The number of carbonyl (C=O) groups excluding carboxylic acids is 2. The maximum atomic E-state index is 12.5. The van der Waals surface area contributed by atoms with Crippen LogP contribution in [0.3, 0.4) is 0 Å². The highest BCUT2D eigenvalue weighted by molar-refractivity contribution is 5.97. The Morgan fingerprint density at radius 3 is 2.55 bits per heavy atom. The van der Waals surface area contributed by atoms with Gasteiger partial charge in [-0.1, -0.05) is 6.92 Å². The molecule has 0 spiro atoms. The lowest BCUT2D eigenvalue weighted by Gasteiger charge is -2.35. The zero-order chi connectivity index (χ0) is 14.6. The second-order valence-electron chi connectivity index (χ2n) is 5.31. The summed E-state index contributed by atoms with van der Waals surface area (Å²) in [4.78, 5) is 23.5. The van der Waals surface area contributed by atoms with Crippen LogP contribution in [0.1, 0.15) is 36.5 Å². The van der Waals surface area contributed by atoms with Crippen LogP contribution in [-0.2, 0) is 4.79 Å². The minimum atomic E-state index is -0.468. The molecule has 0 aromatic heterocycles. The van der Waals surface area contributed by atoms with Gasteiger partial charge in [0.15, 0.2) is 0 Å². The largest absolute Gasteiger partial charge is 0.366 e. The van der Waals surface area contributed by atoms with Gasteiger partial charge in [0, 0.05) is 17.8 Å². The Morgan fingerprint density at radius 1 is 1.35 bits per heavy atom. The molecule has 1 aliphatic heterocycles. The van der Waals surface area contributed by atoms with Crippen LogP contribution in [0.5, 0.6) is 0 Å². The summed E-state index contributed by atoms with van der Waals surface area (Å²) in [6.07, 6.45) is 2.73. The molecule has 0 bridgehead atoms. The van der Waals surface area contributed by atoms with Crippen LogP contribution in [0.4, 0.5) is 5.69 Å². The molecular formula is C15H21N3O2. The number of benzene rings is 1. The van der Waals surface area contributed by atoms with E-state index in [-0.39, 0.29) is 11.3 Å². The highest BCUT2D eigenvalue weighted by atomic mass is 16.2. The smallest absolute Gasteiger partial charge is 0.248 e. The Kier molecular flexibility index (Phi) is 4.39. The first kappa shape index (κ1) is 14.5. The van der Waals surface area contributed by atoms with Crippen molar-refractivity contribution in [3.05, 3.63) is 29.8 Å². The third-order valence-corrected chi connectivity index (χ3v) is 4.06. The average Bonchev–Trinajstić information content (AvgIpc) is 2.48. The highest BCUT2D eigenvalue weighted by Crippen LogP contribution is 2.31. The van der Waals surface area contributed by atoms with E-state index in [1.54, 1.807) is 24.3 Å². The van der Waals surface area contributed by atoms with Crippen molar-refractivity contribution in [1.29, 1.82) is 0 Å². The summed E-state index contributed by atoms with van der Waals surface area (Å²) >= 11 is 0. The molecule has 0 saturated carbocycles. The Hall–Kier alpha value is -1.88. The maximum Gasteiger partial charge on any atom is 0.248 e. The van der Waals surface area contributed by atoms with E-state index in [2.05, 4.69) is 10.6 Å². The zero-order valence-electron chi connectivity index (χ0n) is 11.7. The highest BCUT2D eigenvalue weighted by Gasteiger charge is 2.37. The molecule has 108 valence electrons. The molecule has 1 saturated heterocycles. The first-order valence-corrected chi connectivity index (χ1v) is 6.99. The fourth-order valence-electron chi connectivity index (χ4n) is 2.61. The molecule has 2 amide bonds. The van der Waals surface area contributed by atoms with E-state index in [0.29, 0.717) is 17.8 Å². The summed E-state index contributed by atoms with van der Waals surface area (Å²) < 4.78 is 0. The fourth-order valence-corrected chi connectivity index (χ4v) is 2.61. The van der Waals surface area contributed by atoms with Crippen LogP contribution in [0.2, 0.25) is 0 Å². The summed E-state index contributed by atoms with van der Waals surface area (Å²) in [6.45, 7) is 3.74. The van der Waals surface area contributed by atoms with Gasteiger partial charge in [0.05, 0.1) is 5.41 Å². The molecule has 4 N–H and O–H groups in total. The fraction of sp³-hybridized carbons (Fsp3) is 0.467. The summed E-state index contributed by atoms with van der Waals surface area (Å²) in [7, 11) is 0. The number of rotatable bonds is 4. The predicted octanol–water partition coefficient (Wildman–Crippen LogP) is 1.50. The second kappa shape index (κ2) is 6.05. The first-order valence-electron chi connectivity index (χ1n) is 6.99. The molecule has 0 aliphatic carbocycles. The van der Waals surface area contributed by atoms with E-state index in [1.165, 1.54) is 0 Å². The summed E-state index contributed by atoms with van der Waals surface area (Å²) in [5, 5.41) is 6.23. The van der Waals surface area contributed by atoms with Crippen LogP contribution >= 0.6 is 0 Å². The SMILES string of the molecule is CCC1(C(=O)Nc2ccc(C(N)=O)cc2)CCCNC1. The van der Waals surface area contributed by atoms with E-state index in [0.717, 1.165) is 25.8 Å². The van der Waals surface area contributed by atoms with Gasteiger partial charge >= 0.3 is 0 Å². The van der Waals surface area contributed by atoms with Crippen LogP contribution < -0.4 is 16.4 Å². The molecule has 20 heavy (non-hydrogen) atoms. The normalized spacial score (nSPS) is 22.2.